The molecule has 2 rings (SSSR count). The largest absolute Gasteiger partial charge is 0.413 e. The Bertz CT molecular complexity index is 507. The Morgan fingerprint density at radius 3 is 2.60 bits per heavy atom. The van der Waals surface area contributed by atoms with Crippen molar-refractivity contribution in [2.45, 2.75) is 45.0 Å². The fraction of sp³-hybridized carbons (Fsp3) is 0.389. The highest BCUT2D eigenvalue weighted by Gasteiger charge is 2.21. The maximum Gasteiger partial charge on any atom is 0.187 e. The van der Waals surface area contributed by atoms with Gasteiger partial charge in [0.25, 0.3) is 0 Å². The second kappa shape index (κ2) is 7.44. The van der Waals surface area contributed by atoms with Gasteiger partial charge in [-0.05, 0) is 49.2 Å². The molecular weight excluding hydrogens is 260 g/mol. The first-order chi connectivity index (χ1) is 9.66. The standard InChI is InChI=1S/C18H24OSi/c1-20(2,19-16-18-13-4-3-5-14-18)15-9-8-12-17-10-6-7-11-17/h3-7,10,13-14H,8-9,12,15-16H2,1-2H3. The molecule has 0 bridgehead atoms. The normalized spacial score (nSPS) is 13.8. The highest BCUT2D eigenvalue weighted by atomic mass is 28.4. The molecule has 0 spiro atoms. The van der Waals surface area contributed by atoms with Gasteiger partial charge in [-0.3, -0.25) is 0 Å². The maximum absolute atomic E-state index is 6.18. The van der Waals surface area contributed by atoms with Crippen molar-refractivity contribution in [1.29, 1.82) is 0 Å². The molecule has 106 valence electrons. The quantitative estimate of drug-likeness (QED) is 0.361. The van der Waals surface area contributed by atoms with Crippen LogP contribution in [0.1, 0.15) is 24.8 Å². The minimum absolute atomic E-state index is 0.761. The molecule has 2 heteroatoms. The van der Waals surface area contributed by atoms with Gasteiger partial charge in [0.1, 0.15) is 0 Å². The lowest BCUT2D eigenvalue weighted by Crippen LogP contribution is -2.29. The van der Waals surface area contributed by atoms with E-state index in [0.717, 1.165) is 13.0 Å². The number of allylic oxidation sites excluding steroid dienone is 3. The number of hydrogen-bond donors (Lipinski definition) is 0. The predicted molar refractivity (Wildman–Crippen MR) is 88.1 cm³/mol. The van der Waals surface area contributed by atoms with Crippen LogP contribution in [-0.2, 0) is 11.0 Å². The molecule has 0 N–H and O–H groups in total. The van der Waals surface area contributed by atoms with E-state index >= 15 is 0 Å². The van der Waals surface area contributed by atoms with Crippen molar-refractivity contribution in [2.24, 2.45) is 0 Å². The Kier molecular flexibility index (Phi) is 5.60. The Morgan fingerprint density at radius 2 is 1.90 bits per heavy atom. The van der Waals surface area contributed by atoms with Crippen molar-refractivity contribution >= 4 is 8.32 Å². The van der Waals surface area contributed by atoms with Gasteiger partial charge in [0, 0.05) is 0 Å². The van der Waals surface area contributed by atoms with Crippen LogP contribution in [0.5, 0.6) is 0 Å². The van der Waals surface area contributed by atoms with E-state index in [-0.39, 0.29) is 0 Å². The van der Waals surface area contributed by atoms with E-state index in [2.05, 4.69) is 55.2 Å². The molecule has 0 saturated carbocycles. The lowest BCUT2D eigenvalue weighted by Gasteiger charge is -2.23. The van der Waals surface area contributed by atoms with Crippen molar-refractivity contribution in [3.05, 3.63) is 65.4 Å². The van der Waals surface area contributed by atoms with E-state index < -0.39 is 8.32 Å². The second-order valence-electron chi connectivity index (χ2n) is 5.94. The van der Waals surface area contributed by atoms with Gasteiger partial charge in [0.05, 0.1) is 6.61 Å². The molecule has 0 saturated heterocycles. The van der Waals surface area contributed by atoms with E-state index in [4.69, 9.17) is 4.43 Å². The minimum atomic E-state index is -1.52. The average molecular weight is 284 g/mol. The summed E-state index contributed by atoms with van der Waals surface area (Å²) >= 11 is 0. The lowest BCUT2D eigenvalue weighted by atomic mass is 10.1. The molecule has 1 aromatic rings. The summed E-state index contributed by atoms with van der Waals surface area (Å²) in [6, 6.07) is 11.7. The van der Waals surface area contributed by atoms with Crippen LogP contribution in [0.25, 0.3) is 0 Å². The van der Waals surface area contributed by atoms with Crippen molar-refractivity contribution in [3.8, 4) is 0 Å². The molecule has 20 heavy (non-hydrogen) atoms. The molecule has 0 aliphatic heterocycles. The molecular formula is C18H24OSi. The molecule has 1 aliphatic carbocycles. The van der Waals surface area contributed by atoms with Gasteiger partial charge >= 0.3 is 0 Å². The van der Waals surface area contributed by atoms with Crippen molar-refractivity contribution in [1.82, 2.24) is 0 Å². The molecule has 0 atom stereocenters. The van der Waals surface area contributed by atoms with Crippen LogP contribution >= 0.6 is 0 Å². The summed E-state index contributed by atoms with van der Waals surface area (Å²) in [7, 11) is -1.52. The summed E-state index contributed by atoms with van der Waals surface area (Å²) in [4.78, 5) is 0. The highest BCUT2D eigenvalue weighted by Crippen LogP contribution is 2.20. The van der Waals surface area contributed by atoms with Crippen LogP contribution in [0, 0.1) is 0 Å². The van der Waals surface area contributed by atoms with Crippen molar-refractivity contribution in [2.75, 3.05) is 0 Å². The van der Waals surface area contributed by atoms with Crippen LogP contribution in [0.2, 0.25) is 19.1 Å². The Labute approximate surface area is 123 Å². The van der Waals surface area contributed by atoms with Crippen LogP contribution in [-0.4, -0.2) is 8.32 Å². The Morgan fingerprint density at radius 1 is 1.10 bits per heavy atom. The third-order valence-corrected chi connectivity index (χ3v) is 6.09. The Balaban J connectivity index is 1.65. The SMILES string of the molecule is C[Si](C)(CCCCC1=C=CC=C1)OCc1ccccc1. The van der Waals surface area contributed by atoms with Gasteiger partial charge in [-0.25, -0.2) is 0 Å². The van der Waals surface area contributed by atoms with Gasteiger partial charge in [-0.2, -0.15) is 0 Å². The Hall–Kier alpha value is -1.34. The summed E-state index contributed by atoms with van der Waals surface area (Å²) in [5.41, 5.74) is 5.88. The van der Waals surface area contributed by atoms with Gasteiger partial charge in [-0.1, -0.05) is 48.9 Å². The van der Waals surface area contributed by atoms with E-state index in [0.29, 0.717) is 0 Å². The van der Waals surface area contributed by atoms with E-state index in [1.807, 2.05) is 12.1 Å². The predicted octanol–water partition coefficient (Wildman–Crippen LogP) is 5.23. The molecule has 0 heterocycles. The summed E-state index contributed by atoms with van der Waals surface area (Å²) in [6.45, 7) is 5.41. The number of unbranched alkanes of at least 4 members (excludes halogenated alkanes) is 1. The molecule has 0 unspecified atom stereocenters. The van der Waals surface area contributed by atoms with Crippen LogP contribution in [0.4, 0.5) is 0 Å². The summed E-state index contributed by atoms with van der Waals surface area (Å²) in [6.07, 6.45) is 9.87. The zero-order valence-electron chi connectivity index (χ0n) is 12.6. The van der Waals surface area contributed by atoms with Crippen molar-refractivity contribution < 1.29 is 4.43 Å². The number of rotatable bonds is 8. The average Bonchev–Trinajstić information content (AvgIpc) is 2.96. The summed E-state index contributed by atoms with van der Waals surface area (Å²) < 4.78 is 6.18. The first-order valence-corrected chi connectivity index (χ1v) is 10.6. The molecule has 0 fully saturated rings. The van der Waals surface area contributed by atoms with E-state index in [9.17, 15) is 0 Å². The van der Waals surface area contributed by atoms with E-state index in [1.165, 1.54) is 30.0 Å². The lowest BCUT2D eigenvalue weighted by molar-refractivity contribution is 0.293. The van der Waals surface area contributed by atoms with Crippen LogP contribution in [0.15, 0.2) is 59.9 Å². The van der Waals surface area contributed by atoms with Crippen LogP contribution in [0.3, 0.4) is 0 Å². The number of benzene rings is 1. The molecule has 0 radical (unpaired) electrons. The zero-order chi connectivity index (χ0) is 14.3. The smallest absolute Gasteiger partial charge is 0.187 e. The van der Waals surface area contributed by atoms with Gasteiger partial charge < -0.3 is 4.43 Å². The molecule has 1 aromatic carbocycles. The molecule has 0 amide bonds. The molecule has 1 aliphatic rings. The third kappa shape index (κ3) is 5.34. The first-order valence-electron chi connectivity index (χ1n) is 7.46. The third-order valence-electron chi connectivity index (χ3n) is 3.61. The molecule has 1 nitrogen and oxygen atoms in total. The highest BCUT2D eigenvalue weighted by molar-refractivity contribution is 6.71. The zero-order valence-corrected chi connectivity index (χ0v) is 13.6. The topological polar surface area (TPSA) is 9.23 Å². The van der Waals surface area contributed by atoms with Crippen molar-refractivity contribution in [3.63, 3.8) is 0 Å². The fourth-order valence-corrected chi connectivity index (χ4v) is 4.12. The number of hydrogen-bond acceptors (Lipinski definition) is 1. The van der Waals surface area contributed by atoms with Gasteiger partial charge in [0.15, 0.2) is 8.32 Å². The van der Waals surface area contributed by atoms with Gasteiger partial charge in [0.2, 0.25) is 0 Å². The second-order valence-corrected chi connectivity index (χ2v) is 10.2. The minimum Gasteiger partial charge on any atom is -0.413 e. The van der Waals surface area contributed by atoms with E-state index in [1.54, 1.807) is 0 Å². The maximum atomic E-state index is 6.18. The first kappa shape index (κ1) is 15.1. The monoisotopic (exact) mass is 284 g/mol. The molecule has 0 aromatic heterocycles. The van der Waals surface area contributed by atoms with Gasteiger partial charge in [-0.15, -0.1) is 5.73 Å². The summed E-state index contributed by atoms with van der Waals surface area (Å²) in [5, 5.41) is 0. The fourth-order valence-electron chi connectivity index (χ4n) is 2.31. The summed E-state index contributed by atoms with van der Waals surface area (Å²) in [5.74, 6) is 0. The van der Waals surface area contributed by atoms with Crippen LogP contribution < -0.4 is 0 Å².